The minimum Gasteiger partial charge on any atom is -0.383 e. The zero-order valence-corrected chi connectivity index (χ0v) is 10.5. The Morgan fingerprint density at radius 3 is 2.76 bits per heavy atom. The van der Waals surface area contributed by atoms with Gasteiger partial charge in [-0.2, -0.15) is 9.36 Å². The van der Waals surface area contributed by atoms with Gasteiger partial charge in [-0.3, -0.25) is 0 Å². The van der Waals surface area contributed by atoms with Gasteiger partial charge in [-0.05, 0) is 12.5 Å². The van der Waals surface area contributed by atoms with Crippen molar-refractivity contribution in [1.82, 2.24) is 19.3 Å². The maximum atomic E-state index is 4.94. The molecule has 90 valence electrons. The Bertz CT molecular complexity index is 470. The summed E-state index contributed by atoms with van der Waals surface area (Å²) in [5.41, 5.74) is 1.02. The second-order valence-corrected chi connectivity index (χ2v) is 4.18. The summed E-state index contributed by atoms with van der Waals surface area (Å²) in [5.74, 6) is 1.10. The minimum atomic E-state index is 0.548. The van der Waals surface area contributed by atoms with Gasteiger partial charge in [-0.25, -0.2) is 9.97 Å². The summed E-state index contributed by atoms with van der Waals surface area (Å²) in [4.78, 5) is 12.7. The van der Waals surface area contributed by atoms with Crippen molar-refractivity contribution in [2.24, 2.45) is 0 Å². The van der Waals surface area contributed by atoms with Crippen LogP contribution in [0.2, 0.25) is 0 Å². The Labute approximate surface area is 103 Å². The summed E-state index contributed by atoms with van der Waals surface area (Å²) in [6, 6.07) is 0. The Balaban J connectivity index is 2.04. The van der Waals surface area contributed by atoms with Crippen molar-refractivity contribution in [3.8, 4) is 11.6 Å². The fourth-order valence-electron chi connectivity index (χ4n) is 1.15. The third kappa shape index (κ3) is 3.18. The molecule has 7 heteroatoms. The second kappa shape index (κ2) is 5.65. The zero-order valence-electron chi connectivity index (χ0n) is 9.67. The molecule has 0 bridgehead atoms. The van der Waals surface area contributed by atoms with Crippen LogP contribution >= 0.6 is 11.5 Å². The van der Waals surface area contributed by atoms with Crippen LogP contribution in [-0.4, -0.2) is 39.6 Å². The molecule has 0 aliphatic heterocycles. The first-order chi connectivity index (χ1) is 8.29. The molecular formula is C10H13N5OS. The van der Waals surface area contributed by atoms with Crippen LogP contribution in [0.3, 0.4) is 0 Å². The molecule has 17 heavy (non-hydrogen) atoms. The monoisotopic (exact) mass is 251 g/mol. The number of rotatable bonds is 5. The Hall–Kier alpha value is -1.60. The van der Waals surface area contributed by atoms with Crippen molar-refractivity contribution in [2.45, 2.75) is 6.92 Å². The fourth-order valence-corrected chi connectivity index (χ4v) is 1.74. The summed E-state index contributed by atoms with van der Waals surface area (Å²) in [6.07, 6.45) is 3.50. The topological polar surface area (TPSA) is 72.8 Å². The number of aryl methyl sites for hydroxylation is 1. The minimum absolute atomic E-state index is 0.548. The van der Waals surface area contributed by atoms with Crippen LogP contribution in [-0.2, 0) is 4.74 Å². The molecule has 2 heterocycles. The lowest BCUT2D eigenvalue weighted by Crippen LogP contribution is -2.07. The third-order valence-electron chi connectivity index (χ3n) is 1.99. The molecule has 1 N–H and O–H groups in total. The van der Waals surface area contributed by atoms with Crippen LogP contribution in [0.5, 0.6) is 0 Å². The van der Waals surface area contributed by atoms with Gasteiger partial charge in [-0.1, -0.05) is 0 Å². The van der Waals surface area contributed by atoms with Gasteiger partial charge in [0.1, 0.15) is 0 Å². The van der Waals surface area contributed by atoms with Crippen LogP contribution < -0.4 is 5.32 Å². The average molecular weight is 251 g/mol. The van der Waals surface area contributed by atoms with E-state index in [4.69, 9.17) is 4.74 Å². The van der Waals surface area contributed by atoms with E-state index in [1.54, 1.807) is 19.5 Å². The first kappa shape index (κ1) is 11.9. The van der Waals surface area contributed by atoms with E-state index >= 15 is 0 Å². The average Bonchev–Trinajstić information content (AvgIpc) is 2.79. The molecule has 0 amide bonds. The van der Waals surface area contributed by atoms with Crippen LogP contribution in [0.15, 0.2) is 12.4 Å². The summed E-state index contributed by atoms with van der Waals surface area (Å²) in [5, 5.41) is 3.86. The zero-order chi connectivity index (χ0) is 12.1. The van der Waals surface area contributed by atoms with Gasteiger partial charge in [0.2, 0.25) is 11.0 Å². The van der Waals surface area contributed by atoms with Gasteiger partial charge in [0.25, 0.3) is 0 Å². The van der Waals surface area contributed by atoms with Gasteiger partial charge >= 0.3 is 0 Å². The number of hydrogen-bond acceptors (Lipinski definition) is 7. The summed E-state index contributed by atoms with van der Waals surface area (Å²) in [6.45, 7) is 3.28. The predicted molar refractivity (Wildman–Crippen MR) is 66.0 cm³/mol. The molecule has 2 aromatic rings. The maximum absolute atomic E-state index is 4.94. The van der Waals surface area contributed by atoms with Crippen molar-refractivity contribution in [2.75, 3.05) is 25.6 Å². The van der Waals surface area contributed by atoms with Gasteiger partial charge < -0.3 is 10.1 Å². The van der Waals surface area contributed by atoms with E-state index in [9.17, 15) is 0 Å². The van der Waals surface area contributed by atoms with Crippen molar-refractivity contribution < 1.29 is 4.74 Å². The highest BCUT2D eigenvalue weighted by Gasteiger charge is 2.08. The van der Waals surface area contributed by atoms with Crippen LogP contribution in [0.4, 0.5) is 5.13 Å². The van der Waals surface area contributed by atoms with Crippen LogP contribution in [0.1, 0.15) is 5.56 Å². The number of aromatic nitrogens is 4. The highest BCUT2D eigenvalue weighted by molar-refractivity contribution is 7.09. The number of nitrogens with one attached hydrogen (secondary N) is 1. The molecule has 0 radical (unpaired) electrons. The molecule has 0 fully saturated rings. The molecule has 0 unspecified atom stereocenters. The maximum Gasteiger partial charge on any atom is 0.212 e. The molecule has 2 aromatic heterocycles. The Morgan fingerprint density at radius 1 is 1.29 bits per heavy atom. The normalized spacial score (nSPS) is 10.5. The van der Waals surface area contributed by atoms with Gasteiger partial charge in [0.05, 0.1) is 6.61 Å². The first-order valence-corrected chi connectivity index (χ1v) is 5.92. The molecule has 0 aliphatic carbocycles. The standard InChI is InChI=1S/C10H13N5OS/c1-7-5-12-8(13-6-7)9-14-10(17-15-9)11-3-4-16-2/h5-6H,3-4H2,1-2H3,(H,11,14,15). The van der Waals surface area contributed by atoms with Crippen molar-refractivity contribution in [3.63, 3.8) is 0 Å². The van der Waals surface area contributed by atoms with Gasteiger partial charge in [-0.15, -0.1) is 0 Å². The van der Waals surface area contributed by atoms with Crippen molar-refractivity contribution in [1.29, 1.82) is 0 Å². The third-order valence-corrected chi connectivity index (χ3v) is 2.66. The van der Waals surface area contributed by atoms with E-state index in [2.05, 4.69) is 24.6 Å². The largest absolute Gasteiger partial charge is 0.383 e. The highest BCUT2D eigenvalue weighted by Crippen LogP contribution is 2.17. The molecule has 0 saturated carbocycles. The van der Waals surface area contributed by atoms with Crippen molar-refractivity contribution >= 4 is 16.7 Å². The SMILES string of the molecule is COCCNc1nc(-c2ncc(C)cn2)ns1. The molecule has 6 nitrogen and oxygen atoms in total. The number of methoxy groups -OCH3 is 1. The second-order valence-electron chi connectivity index (χ2n) is 3.43. The molecular weight excluding hydrogens is 238 g/mol. The fraction of sp³-hybridized carbons (Fsp3) is 0.400. The van der Waals surface area contributed by atoms with Gasteiger partial charge in [0.15, 0.2) is 5.82 Å². The van der Waals surface area contributed by atoms with E-state index in [0.29, 0.717) is 24.8 Å². The van der Waals surface area contributed by atoms with Crippen LogP contribution in [0, 0.1) is 6.92 Å². The number of ether oxygens (including phenoxy) is 1. The quantitative estimate of drug-likeness (QED) is 0.809. The number of anilines is 1. The van der Waals surface area contributed by atoms with E-state index < -0.39 is 0 Å². The molecule has 0 atom stereocenters. The molecule has 0 aromatic carbocycles. The summed E-state index contributed by atoms with van der Waals surface area (Å²) in [7, 11) is 1.66. The number of nitrogens with zero attached hydrogens (tertiary/aromatic N) is 4. The summed E-state index contributed by atoms with van der Waals surface area (Å²) < 4.78 is 9.13. The Morgan fingerprint density at radius 2 is 2.06 bits per heavy atom. The van der Waals surface area contributed by atoms with Crippen LogP contribution in [0.25, 0.3) is 11.6 Å². The first-order valence-electron chi connectivity index (χ1n) is 5.15. The lowest BCUT2D eigenvalue weighted by atomic mass is 10.4. The van der Waals surface area contributed by atoms with E-state index in [1.807, 2.05) is 6.92 Å². The predicted octanol–water partition coefficient (Wildman–Crippen LogP) is 1.36. The molecule has 2 rings (SSSR count). The van der Waals surface area contributed by atoms with Crippen molar-refractivity contribution in [3.05, 3.63) is 18.0 Å². The molecule has 0 aliphatic rings. The Kier molecular flexibility index (Phi) is 3.94. The van der Waals surface area contributed by atoms with E-state index in [1.165, 1.54) is 11.5 Å². The van der Waals surface area contributed by atoms with E-state index in [-0.39, 0.29) is 0 Å². The highest BCUT2D eigenvalue weighted by atomic mass is 32.1. The number of hydrogen-bond donors (Lipinski definition) is 1. The molecule has 0 saturated heterocycles. The summed E-state index contributed by atoms with van der Waals surface area (Å²) >= 11 is 1.29. The lowest BCUT2D eigenvalue weighted by Gasteiger charge is -1.98. The smallest absolute Gasteiger partial charge is 0.212 e. The van der Waals surface area contributed by atoms with E-state index in [0.717, 1.165) is 10.7 Å². The lowest BCUT2D eigenvalue weighted by molar-refractivity contribution is 0.211. The molecule has 0 spiro atoms. The van der Waals surface area contributed by atoms with Gasteiger partial charge in [0, 0.05) is 37.6 Å².